The Morgan fingerprint density at radius 3 is 2.68 bits per heavy atom. The molecule has 9 nitrogen and oxygen atoms in total. The smallest absolute Gasteiger partial charge is 0.331 e. The molecule has 1 N–H and O–H groups in total. The number of nitrogens with zero attached hydrogens (tertiary/aromatic N) is 4. The Balaban J connectivity index is 1.96. The molecule has 1 aliphatic heterocycles. The fourth-order valence-corrected chi connectivity index (χ4v) is 4.96. The van der Waals surface area contributed by atoms with Crippen molar-refractivity contribution in [1.29, 1.82) is 0 Å². The van der Waals surface area contributed by atoms with Crippen LogP contribution in [0.1, 0.15) is 22.6 Å². The molecular weight excluding hydrogens is 444 g/mol. The minimum absolute atomic E-state index is 0.187. The molecule has 5 rings (SSSR count). The van der Waals surface area contributed by atoms with E-state index in [-0.39, 0.29) is 18.4 Å². The third-order valence-corrected chi connectivity index (χ3v) is 6.56. The molecule has 0 unspecified atom stereocenters. The summed E-state index contributed by atoms with van der Waals surface area (Å²) in [6.07, 6.45) is -1.32. The fourth-order valence-electron chi connectivity index (χ4n) is 4.21. The second-order valence-corrected chi connectivity index (χ2v) is 8.92. The number of aryl methyl sites for hydroxylation is 2. The largest absolute Gasteiger partial charge is 0.446 e. The van der Waals surface area contributed by atoms with Gasteiger partial charge in [0.15, 0.2) is 11.3 Å². The van der Waals surface area contributed by atoms with Crippen molar-refractivity contribution in [1.82, 2.24) is 18.7 Å². The van der Waals surface area contributed by atoms with Gasteiger partial charge in [-0.3, -0.25) is 13.9 Å². The van der Waals surface area contributed by atoms with Gasteiger partial charge in [-0.25, -0.2) is 9.78 Å². The van der Waals surface area contributed by atoms with Crippen LogP contribution in [0.25, 0.3) is 22.3 Å². The molecule has 5 heterocycles. The molecule has 0 aliphatic carbocycles. The molecule has 31 heavy (non-hydrogen) atoms. The highest BCUT2D eigenvalue weighted by molar-refractivity contribution is 7.09. The van der Waals surface area contributed by atoms with Crippen molar-refractivity contribution in [2.45, 2.75) is 25.7 Å². The Hall–Kier alpha value is -2.66. The number of halogens is 1. The van der Waals surface area contributed by atoms with Crippen LogP contribution < -0.4 is 11.2 Å². The molecule has 1 aliphatic rings. The molecule has 4 aromatic rings. The van der Waals surface area contributed by atoms with Gasteiger partial charge in [-0.1, -0.05) is 0 Å². The van der Waals surface area contributed by atoms with E-state index >= 15 is 0 Å². The highest BCUT2D eigenvalue weighted by Gasteiger charge is 2.38. The molecule has 11 heteroatoms. The molecular formula is C20H19ClN4O5S. The lowest BCUT2D eigenvalue weighted by Gasteiger charge is -2.31. The lowest BCUT2D eigenvalue weighted by Crippen LogP contribution is -2.37. The Morgan fingerprint density at radius 2 is 2.06 bits per heavy atom. The highest BCUT2D eigenvalue weighted by Crippen LogP contribution is 2.42. The number of hydrogen-bond donors (Lipinski definition) is 1. The van der Waals surface area contributed by atoms with Crippen LogP contribution in [0.4, 0.5) is 0 Å². The van der Waals surface area contributed by atoms with Crippen molar-refractivity contribution in [2.24, 2.45) is 14.1 Å². The molecule has 0 fully saturated rings. The number of ether oxygens (including phenoxy) is 1. The molecule has 0 spiro atoms. The van der Waals surface area contributed by atoms with E-state index in [0.29, 0.717) is 33.7 Å². The number of rotatable bonds is 3. The van der Waals surface area contributed by atoms with Crippen LogP contribution in [0.5, 0.6) is 0 Å². The van der Waals surface area contributed by atoms with Crippen molar-refractivity contribution in [3.63, 3.8) is 0 Å². The average molecular weight is 463 g/mol. The van der Waals surface area contributed by atoms with E-state index in [9.17, 15) is 14.7 Å². The summed E-state index contributed by atoms with van der Waals surface area (Å²) in [4.78, 5) is 30.7. The van der Waals surface area contributed by atoms with Gasteiger partial charge in [-0.2, -0.15) is 0 Å². The minimum Gasteiger partial charge on any atom is -0.446 e. The second-order valence-electron chi connectivity index (χ2n) is 7.49. The first-order valence-electron chi connectivity index (χ1n) is 9.58. The Bertz CT molecular complexity index is 1440. The highest BCUT2D eigenvalue weighted by atomic mass is 35.5. The van der Waals surface area contributed by atoms with Gasteiger partial charge in [-0.05, 0) is 30.7 Å². The van der Waals surface area contributed by atoms with Crippen molar-refractivity contribution in [3.05, 3.63) is 60.0 Å². The first kappa shape index (κ1) is 20.3. The maximum Gasteiger partial charge on any atom is 0.331 e. The number of thiazole rings is 1. The summed E-state index contributed by atoms with van der Waals surface area (Å²) < 4.78 is 16.2. The van der Waals surface area contributed by atoms with Crippen LogP contribution in [0.15, 0.2) is 31.5 Å². The fraction of sp³-hybridized carbons (Fsp3) is 0.350. The van der Waals surface area contributed by atoms with Crippen molar-refractivity contribution in [3.8, 4) is 11.4 Å². The van der Waals surface area contributed by atoms with Gasteiger partial charge in [0.05, 0.1) is 52.2 Å². The molecule has 162 valence electrons. The van der Waals surface area contributed by atoms with Crippen LogP contribution in [0.2, 0.25) is 5.22 Å². The molecule has 0 amide bonds. The number of fused-ring (bicyclic) bond motifs is 3. The van der Waals surface area contributed by atoms with Crippen molar-refractivity contribution >= 4 is 33.8 Å². The summed E-state index contributed by atoms with van der Waals surface area (Å²) in [7, 11) is 3.07. The van der Waals surface area contributed by atoms with Crippen molar-refractivity contribution in [2.75, 3.05) is 6.61 Å². The Morgan fingerprint density at radius 1 is 1.29 bits per heavy atom. The quantitative estimate of drug-likeness (QED) is 0.500. The summed E-state index contributed by atoms with van der Waals surface area (Å²) in [6, 6.07) is 3.28. The normalized spacial score (nSPS) is 18.6. The third-order valence-electron chi connectivity index (χ3n) is 5.59. The zero-order valence-electron chi connectivity index (χ0n) is 17.0. The zero-order valence-corrected chi connectivity index (χ0v) is 18.5. The first-order valence-corrected chi connectivity index (χ1v) is 10.8. The molecule has 0 saturated heterocycles. The van der Waals surface area contributed by atoms with E-state index in [2.05, 4.69) is 4.98 Å². The zero-order chi connectivity index (χ0) is 22.0. The van der Waals surface area contributed by atoms with Gasteiger partial charge in [0.1, 0.15) is 5.76 Å². The topological polar surface area (TPSA) is 104 Å². The van der Waals surface area contributed by atoms with Gasteiger partial charge in [-0.15, -0.1) is 11.3 Å². The average Bonchev–Trinajstić information content (AvgIpc) is 3.46. The van der Waals surface area contributed by atoms with E-state index in [1.165, 1.54) is 23.0 Å². The van der Waals surface area contributed by atoms with Crippen LogP contribution in [-0.2, 0) is 25.4 Å². The van der Waals surface area contributed by atoms with E-state index < -0.39 is 23.5 Å². The lowest BCUT2D eigenvalue weighted by molar-refractivity contribution is -0.0589. The second kappa shape index (κ2) is 7.20. The number of hydrogen-bond acceptors (Lipinski definition) is 7. The third kappa shape index (κ3) is 2.93. The van der Waals surface area contributed by atoms with Gasteiger partial charge >= 0.3 is 5.69 Å². The predicted octanol–water partition coefficient (Wildman–Crippen LogP) is 2.20. The van der Waals surface area contributed by atoms with Crippen LogP contribution in [-0.4, -0.2) is 36.5 Å². The standard InChI is InChI=1S/C20H19ClN4O5S/c1-9-22-11(8-31-9)15-14-16(23(2)20(28)24(3)19(14)27)17-18(12-4-5-13(21)30-12)29-10(7-26)6-25(15)17/h4-5,8,10,18,26H,6-7H2,1-3H3/t10-,18-/m0/s1. The molecule has 0 saturated carbocycles. The van der Waals surface area contributed by atoms with Crippen LogP contribution in [0, 0.1) is 6.92 Å². The van der Waals surface area contributed by atoms with Crippen molar-refractivity contribution < 1.29 is 14.3 Å². The van der Waals surface area contributed by atoms with Gasteiger partial charge in [0.2, 0.25) is 0 Å². The predicted molar refractivity (Wildman–Crippen MR) is 116 cm³/mol. The summed E-state index contributed by atoms with van der Waals surface area (Å²) in [5.74, 6) is 0.415. The summed E-state index contributed by atoms with van der Waals surface area (Å²) in [5.41, 5.74) is 1.38. The number of aliphatic hydroxyl groups is 1. The van der Waals surface area contributed by atoms with Crippen LogP contribution >= 0.6 is 22.9 Å². The van der Waals surface area contributed by atoms with Crippen LogP contribution in [0.3, 0.4) is 0 Å². The summed E-state index contributed by atoms with van der Waals surface area (Å²) in [5, 5.41) is 13.2. The number of aliphatic hydroxyl groups excluding tert-OH is 1. The monoisotopic (exact) mass is 462 g/mol. The Kier molecular flexibility index (Phi) is 4.70. The van der Waals surface area contributed by atoms with E-state index in [4.69, 9.17) is 20.8 Å². The molecule has 0 aromatic carbocycles. The van der Waals surface area contributed by atoms with E-state index in [1.807, 2.05) is 16.9 Å². The minimum atomic E-state index is -0.771. The molecule has 4 aromatic heterocycles. The summed E-state index contributed by atoms with van der Waals surface area (Å²) >= 11 is 7.47. The van der Waals surface area contributed by atoms with E-state index in [0.717, 1.165) is 9.57 Å². The van der Waals surface area contributed by atoms with Gasteiger partial charge in [0, 0.05) is 19.5 Å². The maximum atomic E-state index is 13.3. The SMILES string of the molecule is Cc1nc(-c2c3c(=O)n(C)c(=O)n(C)c3c3n2C[C@@H](CO)O[C@H]3c2ccc(Cl)o2)cs1. The van der Waals surface area contributed by atoms with Gasteiger partial charge in [0.25, 0.3) is 5.56 Å². The lowest BCUT2D eigenvalue weighted by atomic mass is 10.1. The molecule has 2 atom stereocenters. The number of aromatic nitrogens is 4. The molecule has 0 radical (unpaired) electrons. The Labute approximate surface area is 184 Å². The number of furan rings is 1. The molecule has 0 bridgehead atoms. The maximum absolute atomic E-state index is 13.3. The van der Waals surface area contributed by atoms with E-state index in [1.54, 1.807) is 19.2 Å². The summed E-state index contributed by atoms with van der Waals surface area (Å²) in [6.45, 7) is 1.94. The first-order chi connectivity index (χ1) is 14.8. The van der Waals surface area contributed by atoms with Gasteiger partial charge < -0.3 is 18.8 Å².